The van der Waals surface area contributed by atoms with Crippen LogP contribution in [0.5, 0.6) is 0 Å². The van der Waals surface area contributed by atoms with Crippen LogP contribution in [0.25, 0.3) is 28.0 Å². The number of aromatic nitrogens is 3. The van der Waals surface area contributed by atoms with Crippen molar-refractivity contribution >= 4 is 28.5 Å². The maximum absolute atomic E-state index is 15.2. The number of benzene rings is 2. The Hall–Kier alpha value is -3.57. The van der Waals surface area contributed by atoms with E-state index in [1.807, 2.05) is 12.1 Å². The van der Waals surface area contributed by atoms with Gasteiger partial charge in [-0.2, -0.15) is 4.98 Å². The first-order valence-electron chi connectivity index (χ1n) is 14.8. The lowest BCUT2D eigenvalue weighted by Crippen LogP contribution is -2.29. The third kappa shape index (κ3) is 7.69. The van der Waals surface area contributed by atoms with E-state index in [0.717, 1.165) is 36.8 Å². The molecule has 5 rings (SSSR count). The van der Waals surface area contributed by atoms with E-state index >= 15 is 4.39 Å². The van der Waals surface area contributed by atoms with Crippen molar-refractivity contribution in [2.75, 3.05) is 19.7 Å². The second-order valence-corrected chi connectivity index (χ2v) is 11.8. The number of nitrogens with one attached hydrogen (secondary N) is 4. The number of halogens is 2. The first-order chi connectivity index (χ1) is 20.7. The number of aromatic amines is 1. The average molecular weight is 608 g/mol. The number of aryl methyl sites for hydroxylation is 1. The number of fused-ring (bicyclic) bond motifs is 1. The minimum absolute atomic E-state index is 0.0547. The average Bonchev–Trinajstić information content (AvgIpc) is 3.76. The van der Waals surface area contributed by atoms with Crippen LogP contribution >= 0.6 is 11.6 Å². The van der Waals surface area contributed by atoms with Crippen LogP contribution in [0.3, 0.4) is 0 Å². The van der Waals surface area contributed by atoms with Crippen LogP contribution in [0.2, 0.25) is 5.02 Å². The Bertz CT molecular complexity index is 1630. The molecule has 2 aromatic heterocycles. The molecule has 2 aromatic carbocycles. The lowest BCUT2D eigenvalue weighted by molar-refractivity contribution is 0.244. The smallest absolute Gasteiger partial charge is 0.354 e. The van der Waals surface area contributed by atoms with E-state index in [2.05, 4.69) is 20.6 Å². The normalized spacial score (nSPS) is 14.6. The van der Waals surface area contributed by atoms with Crippen molar-refractivity contribution in [1.29, 1.82) is 5.41 Å². The molecule has 0 aliphatic heterocycles. The highest BCUT2D eigenvalue weighted by molar-refractivity contribution is 6.31. The highest BCUT2D eigenvalue weighted by atomic mass is 35.5. The first-order valence-corrected chi connectivity index (χ1v) is 15.2. The summed E-state index contributed by atoms with van der Waals surface area (Å²) in [6.45, 7) is 2.97. The molecule has 11 heteroatoms. The van der Waals surface area contributed by atoms with Gasteiger partial charge >= 0.3 is 5.69 Å². The summed E-state index contributed by atoms with van der Waals surface area (Å²) < 4.78 is 16.6. The van der Waals surface area contributed by atoms with Crippen molar-refractivity contribution in [3.8, 4) is 16.9 Å². The SMILES string of the molecule is CC(=N)NCCCN[C@@H](CO)c1ccc(-n2cc3cc(-c4cc(CCC[C@@H](N)C5CC5)cc(Cl)c4F)[nH]c3nc2=O)cc1. The zero-order chi connectivity index (χ0) is 30.5. The van der Waals surface area contributed by atoms with E-state index in [0.29, 0.717) is 52.8 Å². The van der Waals surface area contributed by atoms with E-state index in [-0.39, 0.29) is 23.7 Å². The lowest BCUT2D eigenvalue weighted by Gasteiger charge is -2.17. The summed E-state index contributed by atoms with van der Waals surface area (Å²) in [5.74, 6) is 0.550. The fourth-order valence-corrected chi connectivity index (χ4v) is 5.65. The van der Waals surface area contributed by atoms with Gasteiger partial charge in [0.2, 0.25) is 0 Å². The van der Waals surface area contributed by atoms with Crippen molar-refractivity contribution in [2.24, 2.45) is 11.7 Å². The summed E-state index contributed by atoms with van der Waals surface area (Å²) >= 11 is 6.28. The second kappa shape index (κ2) is 13.8. The molecule has 1 fully saturated rings. The maximum atomic E-state index is 15.2. The molecule has 7 N–H and O–H groups in total. The topological polar surface area (TPSA) is 145 Å². The van der Waals surface area contributed by atoms with Crippen LogP contribution in [0, 0.1) is 17.1 Å². The Morgan fingerprint density at radius 3 is 2.70 bits per heavy atom. The molecule has 0 bridgehead atoms. The lowest BCUT2D eigenvalue weighted by atomic mass is 10.00. The highest BCUT2D eigenvalue weighted by Crippen LogP contribution is 2.34. The third-order valence-corrected chi connectivity index (χ3v) is 8.28. The minimum Gasteiger partial charge on any atom is -0.394 e. The number of hydrogen-bond acceptors (Lipinski definition) is 6. The number of rotatable bonds is 14. The van der Waals surface area contributed by atoms with Crippen LogP contribution in [-0.4, -0.2) is 51.2 Å². The molecule has 1 aliphatic rings. The van der Waals surface area contributed by atoms with Crippen molar-refractivity contribution in [3.63, 3.8) is 0 Å². The van der Waals surface area contributed by atoms with Gasteiger partial charge in [0.05, 0.1) is 34.9 Å². The van der Waals surface area contributed by atoms with Crippen LogP contribution in [0.4, 0.5) is 4.39 Å². The van der Waals surface area contributed by atoms with Crippen molar-refractivity contribution < 1.29 is 9.50 Å². The van der Waals surface area contributed by atoms with Crippen LogP contribution in [0.1, 0.15) is 56.2 Å². The van der Waals surface area contributed by atoms with Gasteiger partial charge in [0, 0.05) is 29.7 Å². The van der Waals surface area contributed by atoms with Gasteiger partial charge in [0.15, 0.2) is 5.82 Å². The van der Waals surface area contributed by atoms with Crippen LogP contribution < -0.4 is 22.1 Å². The van der Waals surface area contributed by atoms with Gasteiger partial charge in [0.1, 0.15) is 5.65 Å². The number of amidine groups is 1. The molecule has 9 nitrogen and oxygen atoms in total. The second-order valence-electron chi connectivity index (χ2n) is 11.4. The molecule has 0 spiro atoms. The largest absolute Gasteiger partial charge is 0.394 e. The van der Waals surface area contributed by atoms with Gasteiger partial charge in [0.25, 0.3) is 0 Å². The molecule has 1 saturated carbocycles. The van der Waals surface area contributed by atoms with Crippen molar-refractivity contribution in [3.05, 3.63) is 81.1 Å². The fourth-order valence-electron chi connectivity index (χ4n) is 5.41. The number of hydrogen-bond donors (Lipinski definition) is 6. The van der Waals surface area contributed by atoms with E-state index in [4.69, 9.17) is 22.7 Å². The Morgan fingerprint density at radius 1 is 1.23 bits per heavy atom. The molecule has 43 heavy (non-hydrogen) atoms. The molecule has 1 aliphatic carbocycles. The molecule has 4 aromatic rings. The Kier molecular flexibility index (Phi) is 9.92. The van der Waals surface area contributed by atoms with Gasteiger partial charge in [-0.3, -0.25) is 9.98 Å². The summed E-state index contributed by atoms with van der Waals surface area (Å²) in [6.07, 6.45) is 7.50. The van der Waals surface area contributed by atoms with Gasteiger partial charge in [-0.1, -0.05) is 23.7 Å². The Labute approximate surface area is 255 Å². The van der Waals surface area contributed by atoms with E-state index in [1.54, 1.807) is 43.5 Å². The van der Waals surface area contributed by atoms with Crippen molar-refractivity contribution in [2.45, 2.75) is 57.5 Å². The molecule has 0 radical (unpaired) electrons. The minimum atomic E-state index is -0.523. The molecular weight excluding hydrogens is 569 g/mol. The molecule has 0 unspecified atom stereocenters. The Balaban J connectivity index is 1.31. The predicted molar refractivity (Wildman–Crippen MR) is 170 cm³/mol. The zero-order valence-corrected chi connectivity index (χ0v) is 25.1. The summed E-state index contributed by atoms with van der Waals surface area (Å²) in [5.41, 5.74) is 9.40. The molecule has 0 amide bonds. The predicted octanol–water partition coefficient (Wildman–Crippen LogP) is 4.83. The van der Waals surface area contributed by atoms with Gasteiger partial charge < -0.3 is 26.5 Å². The van der Waals surface area contributed by atoms with Crippen LogP contribution in [-0.2, 0) is 6.42 Å². The molecule has 0 saturated heterocycles. The van der Waals surface area contributed by atoms with Crippen LogP contribution in [0.15, 0.2) is 53.5 Å². The number of aliphatic hydroxyl groups is 1. The standard InChI is InChI=1S/C32H39ClFN7O2/c1-19(35)37-12-3-13-38-29(18-42)22-8-10-24(11-9-22)41-17-23-16-28(39-31(23)40-32(41)43)25-14-20(15-26(33)30(25)34)4-2-5-27(36)21-6-7-21/h8-11,14-17,21,27,29,38,42H,2-7,12-13,18,36H2,1H3,(H2,35,37)(H,39,40,43)/t27-,29+/m1/s1. The van der Waals surface area contributed by atoms with Gasteiger partial charge in [-0.15, -0.1) is 0 Å². The quantitative estimate of drug-likeness (QED) is 0.0688. The van der Waals surface area contributed by atoms with E-state index < -0.39 is 11.5 Å². The molecule has 2 atom stereocenters. The zero-order valence-electron chi connectivity index (χ0n) is 24.3. The molecular formula is C32H39ClFN7O2. The van der Waals surface area contributed by atoms with E-state index in [9.17, 15) is 9.90 Å². The Morgan fingerprint density at radius 2 is 2.00 bits per heavy atom. The third-order valence-electron chi connectivity index (χ3n) is 8.01. The molecule has 228 valence electrons. The fraction of sp³-hybridized carbons (Fsp3) is 0.406. The number of aliphatic hydroxyl groups excluding tert-OH is 1. The van der Waals surface area contributed by atoms with Gasteiger partial charge in [-0.05, 0) is 99.4 Å². The summed E-state index contributed by atoms with van der Waals surface area (Å²) in [4.78, 5) is 20.3. The summed E-state index contributed by atoms with van der Waals surface area (Å²) in [5, 5.41) is 24.3. The highest BCUT2D eigenvalue weighted by Gasteiger charge is 2.27. The molecule has 2 heterocycles. The van der Waals surface area contributed by atoms with Gasteiger partial charge in [-0.25, -0.2) is 9.18 Å². The van der Waals surface area contributed by atoms with Crippen molar-refractivity contribution in [1.82, 2.24) is 25.2 Å². The first kappa shape index (κ1) is 30.9. The number of nitrogens with zero attached hydrogens (tertiary/aromatic N) is 2. The summed E-state index contributed by atoms with van der Waals surface area (Å²) in [6, 6.07) is 12.6. The van der Waals surface area contributed by atoms with E-state index in [1.165, 1.54) is 17.4 Å². The number of nitrogens with two attached hydrogens (primary N) is 1. The number of H-pyrrole nitrogens is 1. The summed E-state index contributed by atoms with van der Waals surface area (Å²) in [7, 11) is 0. The monoisotopic (exact) mass is 607 g/mol. The maximum Gasteiger partial charge on any atom is 0.354 e.